The fourth-order valence-corrected chi connectivity index (χ4v) is 6.85. The first kappa shape index (κ1) is 30.9. The van der Waals surface area contributed by atoms with E-state index in [0.29, 0.717) is 18.5 Å². The van der Waals surface area contributed by atoms with E-state index in [0.717, 1.165) is 27.8 Å². The van der Waals surface area contributed by atoms with Crippen molar-refractivity contribution in [3.05, 3.63) is 124 Å². The van der Waals surface area contributed by atoms with Crippen molar-refractivity contribution in [3.8, 4) is 11.1 Å². The van der Waals surface area contributed by atoms with Gasteiger partial charge in [0.1, 0.15) is 0 Å². The van der Waals surface area contributed by atoms with E-state index in [1.54, 1.807) is 18.2 Å². The van der Waals surface area contributed by atoms with Gasteiger partial charge in [-0.05, 0) is 95.1 Å². The number of allylic oxidation sites excluding steroid dienone is 2. The maximum atomic E-state index is 13.8. The third kappa shape index (κ3) is 7.17. The second-order valence-corrected chi connectivity index (χ2v) is 12.5. The van der Waals surface area contributed by atoms with Crippen LogP contribution in [0.15, 0.2) is 91.0 Å². The number of carbonyl (C=O) groups excluding carboxylic acids is 1. The molecule has 0 aliphatic heterocycles. The van der Waals surface area contributed by atoms with Gasteiger partial charge in [0.05, 0.1) is 11.5 Å². The van der Waals surface area contributed by atoms with Gasteiger partial charge in [-0.25, -0.2) is 13.6 Å². The summed E-state index contributed by atoms with van der Waals surface area (Å²) in [5, 5.41) is 13.6. The first-order valence-electron chi connectivity index (χ1n) is 14.7. The molecule has 4 nitrogen and oxygen atoms in total. The number of halogens is 2. The molecule has 2 N–H and O–H groups in total. The van der Waals surface area contributed by atoms with Crippen molar-refractivity contribution in [2.24, 2.45) is 0 Å². The number of nitrogens with one attached hydrogen (secondary N) is 1. The molecule has 4 aromatic carbocycles. The van der Waals surface area contributed by atoms with Crippen molar-refractivity contribution in [2.75, 3.05) is 5.32 Å². The van der Waals surface area contributed by atoms with Crippen molar-refractivity contribution in [3.63, 3.8) is 0 Å². The number of alkyl halides is 2. The second kappa shape index (κ2) is 13.0. The van der Waals surface area contributed by atoms with Crippen LogP contribution < -0.4 is 10.5 Å². The van der Waals surface area contributed by atoms with Crippen LogP contribution in [0.5, 0.6) is 0 Å². The molecule has 0 radical (unpaired) electrons. The molecule has 1 atom stereocenters. The molecule has 7 heteroatoms. The Balaban J connectivity index is 1.40. The van der Waals surface area contributed by atoms with Gasteiger partial charge in [-0.3, -0.25) is 4.79 Å². The lowest BCUT2D eigenvalue weighted by atomic mass is 9.87. The minimum atomic E-state index is -2.66. The molecule has 0 spiro atoms. The molecular weight excluding hydrogens is 572 g/mol. The molecule has 0 heterocycles. The number of hydrogen-bond acceptors (Lipinski definition) is 2. The van der Waals surface area contributed by atoms with Crippen LogP contribution in [0.25, 0.3) is 16.7 Å². The standard InChI is InChI=1S/C37H35F2NO3Si/c1-23-20-24(2)34(33(21-23)44-3)29-12-14-31(15-13-29)40-35(41)32(22-25-4-6-30(7-5-25)36(42)43)28-10-8-26(9-11-28)27-16-18-37(38,39)19-17-27/h4-16,20-21,32,44H,3,17-19,22H2,1-2H3,(H,40,41)(H,42,43)/t32-/m1/s1. The Kier molecular flexibility index (Phi) is 9.16. The van der Waals surface area contributed by atoms with Gasteiger partial charge >= 0.3 is 5.97 Å². The number of amides is 1. The first-order chi connectivity index (χ1) is 21.0. The molecule has 44 heavy (non-hydrogen) atoms. The maximum absolute atomic E-state index is 13.8. The molecular formula is C37H35F2NO3Si. The van der Waals surface area contributed by atoms with E-state index in [1.165, 1.54) is 34.0 Å². The molecule has 5 rings (SSSR count). The molecule has 0 aromatic heterocycles. The molecule has 224 valence electrons. The Morgan fingerprint density at radius 1 is 0.955 bits per heavy atom. The fourth-order valence-electron chi connectivity index (χ4n) is 5.87. The van der Waals surface area contributed by atoms with Crippen LogP contribution >= 0.6 is 0 Å². The zero-order valence-corrected chi connectivity index (χ0v) is 26.0. The molecule has 4 aromatic rings. The van der Waals surface area contributed by atoms with Crippen LogP contribution in [0.3, 0.4) is 0 Å². The van der Waals surface area contributed by atoms with Crippen molar-refractivity contribution in [1.82, 2.24) is 0 Å². The predicted octanol–water partition coefficient (Wildman–Crippen LogP) is 7.33. The molecule has 0 fully saturated rings. The van der Waals surface area contributed by atoms with Gasteiger partial charge in [-0.2, -0.15) is 0 Å². The Bertz CT molecular complexity index is 1730. The quantitative estimate of drug-likeness (QED) is 0.196. The molecule has 0 saturated heterocycles. The average Bonchev–Trinajstić information content (AvgIpc) is 3.00. The topological polar surface area (TPSA) is 66.4 Å². The first-order valence-corrected chi connectivity index (χ1v) is 16.1. The molecule has 0 unspecified atom stereocenters. The normalized spacial score (nSPS) is 14.8. The number of benzene rings is 4. The van der Waals surface area contributed by atoms with Gasteiger partial charge in [0, 0.05) is 27.7 Å². The van der Waals surface area contributed by atoms with E-state index >= 15 is 0 Å². The lowest BCUT2D eigenvalue weighted by Gasteiger charge is -2.22. The van der Waals surface area contributed by atoms with Gasteiger partial charge in [0.15, 0.2) is 0 Å². The van der Waals surface area contributed by atoms with Crippen LogP contribution in [0.2, 0.25) is 0 Å². The van der Waals surface area contributed by atoms with Crippen molar-refractivity contribution in [2.45, 2.75) is 51.4 Å². The van der Waals surface area contributed by atoms with Crippen LogP contribution in [-0.2, 0) is 11.2 Å². The number of carbonyl (C=O) groups is 2. The van der Waals surface area contributed by atoms with E-state index in [1.807, 2.05) is 48.5 Å². The molecule has 0 bridgehead atoms. The summed E-state index contributed by atoms with van der Waals surface area (Å²) < 4.78 is 27.3. The molecule has 1 aliphatic rings. The summed E-state index contributed by atoms with van der Waals surface area (Å²) in [6, 6.07) is 26.3. The number of carboxylic acids is 1. The van der Waals surface area contributed by atoms with Crippen molar-refractivity contribution >= 4 is 43.6 Å². The van der Waals surface area contributed by atoms with Crippen LogP contribution in [0, 0.1) is 13.8 Å². The van der Waals surface area contributed by atoms with Gasteiger partial charge < -0.3 is 10.4 Å². The Morgan fingerprint density at radius 3 is 2.20 bits per heavy atom. The van der Waals surface area contributed by atoms with Gasteiger partial charge in [0.2, 0.25) is 5.91 Å². The lowest BCUT2D eigenvalue weighted by molar-refractivity contribution is -0.117. The number of hydrogen-bond donors (Lipinski definition) is 2. The van der Waals surface area contributed by atoms with Gasteiger partial charge in [-0.1, -0.05) is 72.3 Å². The summed E-state index contributed by atoms with van der Waals surface area (Å²) in [6.07, 6.45) is 6.02. The highest BCUT2D eigenvalue weighted by Gasteiger charge is 2.31. The number of rotatable bonds is 9. The van der Waals surface area contributed by atoms with E-state index in [9.17, 15) is 23.5 Å². The Hall–Kier alpha value is -4.49. The third-order valence-electron chi connectivity index (χ3n) is 8.22. The predicted molar refractivity (Wildman–Crippen MR) is 177 cm³/mol. The number of carboxylic acid groups (broad SMARTS) is 1. The van der Waals surface area contributed by atoms with Crippen molar-refractivity contribution in [1.29, 1.82) is 0 Å². The third-order valence-corrected chi connectivity index (χ3v) is 9.11. The summed E-state index contributed by atoms with van der Waals surface area (Å²) in [4.78, 5) is 25.1. The molecule has 0 saturated carbocycles. The van der Waals surface area contributed by atoms with Crippen molar-refractivity contribution < 1.29 is 23.5 Å². The van der Waals surface area contributed by atoms with Crippen LogP contribution in [0.1, 0.15) is 63.4 Å². The van der Waals surface area contributed by atoms with E-state index in [2.05, 4.69) is 37.5 Å². The summed E-state index contributed by atoms with van der Waals surface area (Å²) in [6.45, 7) is 4.20. The minimum Gasteiger partial charge on any atom is -0.478 e. The zero-order chi connectivity index (χ0) is 31.4. The second-order valence-electron chi connectivity index (χ2n) is 11.5. The SMILES string of the molecule is C=[SiH]c1cc(C)cc(C)c1-c1ccc(NC(=O)[C@H](Cc2ccc(C(=O)O)cc2)c2ccc(C3=CCC(F)(F)CC3)cc2)cc1. The fraction of sp³-hybridized carbons (Fsp3) is 0.216. The van der Waals surface area contributed by atoms with Crippen LogP contribution in [0.4, 0.5) is 14.5 Å². The van der Waals surface area contributed by atoms with Gasteiger partial charge in [0.25, 0.3) is 5.92 Å². The highest BCUT2D eigenvalue weighted by atomic mass is 28.2. The number of anilines is 1. The lowest BCUT2D eigenvalue weighted by Crippen LogP contribution is -2.23. The largest absolute Gasteiger partial charge is 0.478 e. The summed E-state index contributed by atoms with van der Waals surface area (Å²) >= 11 is 0. The smallest absolute Gasteiger partial charge is 0.335 e. The molecule has 1 amide bonds. The summed E-state index contributed by atoms with van der Waals surface area (Å²) in [5.41, 5.74) is 8.90. The van der Waals surface area contributed by atoms with E-state index in [-0.39, 0.29) is 33.4 Å². The molecule has 1 aliphatic carbocycles. The monoisotopic (exact) mass is 607 g/mol. The highest BCUT2D eigenvalue weighted by Crippen LogP contribution is 2.37. The number of aromatic carboxylic acids is 1. The van der Waals surface area contributed by atoms with E-state index in [4.69, 9.17) is 0 Å². The Labute approximate surface area is 258 Å². The average molecular weight is 608 g/mol. The van der Waals surface area contributed by atoms with E-state index < -0.39 is 17.8 Å². The maximum Gasteiger partial charge on any atom is 0.335 e. The zero-order valence-electron chi connectivity index (χ0n) is 24.9. The number of aryl methyl sites for hydroxylation is 2. The summed E-state index contributed by atoms with van der Waals surface area (Å²) in [5.74, 6) is -4.43. The van der Waals surface area contributed by atoms with Gasteiger partial charge in [-0.15, -0.1) is 6.17 Å². The van der Waals surface area contributed by atoms with Crippen LogP contribution in [-0.4, -0.2) is 38.2 Å². The minimum absolute atomic E-state index is 0.110. The highest BCUT2D eigenvalue weighted by molar-refractivity contribution is 6.58. The summed E-state index contributed by atoms with van der Waals surface area (Å²) in [7, 11) is -0.110. The Morgan fingerprint density at radius 2 is 1.61 bits per heavy atom.